The topological polar surface area (TPSA) is 37.3 Å². The van der Waals surface area contributed by atoms with Gasteiger partial charge < -0.3 is 5.11 Å². The molecule has 2 heteroatoms. The van der Waals surface area contributed by atoms with Crippen molar-refractivity contribution in [1.29, 1.82) is 0 Å². The Morgan fingerprint density at radius 1 is 1.22 bits per heavy atom. The number of rotatable bonds is 7. The number of carboxylic acids is 1. The highest BCUT2D eigenvalue weighted by atomic mass is 16.4. The number of carbonyl (C=O) groups is 1. The second kappa shape index (κ2) is 6.03. The lowest BCUT2D eigenvalue weighted by Crippen LogP contribution is -2.00. The summed E-state index contributed by atoms with van der Waals surface area (Å²) in [5.74, 6) is -0.258. The van der Waals surface area contributed by atoms with Gasteiger partial charge in [0.15, 0.2) is 0 Å². The lowest BCUT2D eigenvalue weighted by atomic mass is 10.0. The van der Waals surface area contributed by atoms with Gasteiger partial charge in [-0.05, 0) is 49.1 Å². The molecule has 0 aliphatic heterocycles. The Morgan fingerprint density at radius 2 is 1.83 bits per heavy atom. The maximum Gasteiger partial charge on any atom is 0.306 e. The van der Waals surface area contributed by atoms with Crippen molar-refractivity contribution in [2.24, 2.45) is 11.8 Å². The van der Waals surface area contributed by atoms with Crippen LogP contribution in [0, 0.1) is 11.8 Å². The average Bonchev–Trinajstić information content (AvgIpc) is 3.15. The molecule has 0 spiro atoms. The van der Waals surface area contributed by atoms with Crippen LogP contribution >= 0.6 is 0 Å². The Hall–Kier alpha value is -1.31. The predicted molar refractivity (Wildman–Crippen MR) is 72.6 cm³/mol. The van der Waals surface area contributed by atoms with Gasteiger partial charge in [0.1, 0.15) is 0 Å². The van der Waals surface area contributed by atoms with Crippen molar-refractivity contribution in [3.05, 3.63) is 35.4 Å². The zero-order valence-electron chi connectivity index (χ0n) is 11.1. The summed E-state index contributed by atoms with van der Waals surface area (Å²) >= 11 is 0. The first-order chi connectivity index (χ1) is 8.70. The fourth-order valence-corrected chi connectivity index (χ4v) is 2.47. The minimum atomic E-state index is -0.616. The molecule has 1 aromatic carbocycles. The number of carboxylic acid groups (broad SMARTS) is 1. The quantitative estimate of drug-likeness (QED) is 0.796. The molecule has 0 radical (unpaired) electrons. The predicted octanol–water partition coefficient (Wildman–Crippen LogP) is 3.68. The highest BCUT2D eigenvalue weighted by Gasteiger charge is 2.42. The second-order valence-electron chi connectivity index (χ2n) is 5.40. The third kappa shape index (κ3) is 3.59. The van der Waals surface area contributed by atoms with Crippen molar-refractivity contribution in [1.82, 2.24) is 0 Å². The zero-order chi connectivity index (χ0) is 13.0. The van der Waals surface area contributed by atoms with E-state index in [9.17, 15) is 4.79 Å². The van der Waals surface area contributed by atoms with Crippen LogP contribution in [0.4, 0.5) is 0 Å². The third-order valence-electron chi connectivity index (χ3n) is 3.89. The van der Waals surface area contributed by atoms with Gasteiger partial charge in [-0.3, -0.25) is 4.79 Å². The van der Waals surface area contributed by atoms with E-state index in [2.05, 4.69) is 31.2 Å². The standard InChI is InChI=1S/C16H22O2/c1-2-3-4-12-5-7-13(8-6-12)9-10-14-11-15(14)16(17)18/h5-8,14-15H,2-4,9-11H2,1H3,(H,17,18). The van der Waals surface area contributed by atoms with Crippen molar-refractivity contribution >= 4 is 5.97 Å². The highest BCUT2D eigenvalue weighted by Crippen LogP contribution is 2.41. The molecular weight excluding hydrogens is 224 g/mol. The van der Waals surface area contributed by atoms with Gasteiger partial charge in [-0.2, -0.15) is 0 Å². The molecule has 0 saturated heterocycles. The van der Waals surface area contributed by atoms with Gasteiger partial charge in [-0.1, -0.05) is 37.6 Å². The molecule has 98 valence electrons. The summed E-state index contributed by atoms with van der Waals surface area (Å²) in [7, 11) is 0. The van der Waals surface area contributed by atoms with Gasteiger partial charge in [-0.25, -0.2) is 0 Å². The Balaban J connectivity index is 1.75. The van der Waals surface area contributed by atoms with Gasteiger partial charge in [0.25, 0.3) is 0 Å². The summed E-state index contributed by atoms with van der Waals surface area (Å²) in [5.41, 5.74) is 2.75. The van der Waals surface area contributed by atoms with Crippen LogP contribution in [-0.2, 0) is 17.6 Å². The van der Waals surface area contributed by atoms with Crippen LogP contribution in [0.1, 0.15) is 43.7 Å². The van der Waals surface area contributed by atoms with Crippen molar-refractivity contribution in [3.8, 4) is 0 Å². The molecule has 2 nitrogen and oxygen atoms in total. The maximum atomic E-state index is 10.7. The highest BCUT2D eigenvalue weighted by molar-refractivity contribution is 5.73. The van der Waals surface area contributed by atoms with E-state index in [1.165, 1.54) is 30.4 Å². The average molecular weight is 246 g/mol. The normalized spacial score (nSPS) is 21.8. The van der Waals surface area contributed by atoms with E-state index in [0.717, 1.165) is 19.3 Å². The summed E-state index contributed by atoms with van der Waals surface area (Å²) in [6.45, 7) is 2.21. The van der Waals surface area contributed by atoms with E-state index >= 15 is 0 Å². The first kappa shape index (κ1) is 13.1. The molecule has 0 bridgehead atoms. The van der Waals surface area contributed by atoms with Gasteiger partial charge in [0.05, 0.1) is 5.92 Å². The maximum absolute atomic E-state index is 10.7. The van der Waals surface area contributed by atoms with Crippen LogP contribution in [0.3, 0.4) is 0 Å². The summed E-state index contributed by atoms with van der Waals surface area (Å²) in [4.78, 5) is 10.7. The summed E-state index contributed by atoms with van der Waals surface area (Å²) < 4.78 is 0. The molecule has 2 atom stereocenters. The van der Waals surface area contributed by atoms with Crippen LogP contribution in [0.25, 0.3) is 0 Å². The Bertz CT molecular complexity index is 394. The number of hydrogen-bond donors (Lipinski definition) is 1. The zero-order valence-corrected chi connectivity index (χ0v) is 11.1. The van der Waals surface area contributed by atoms with Crippen molar-refractivity contribution in [2.75, 3.05) is 0 Å². The fraction of sp³-hybridized carbons (Fsp3) is 0.562. The SMILES string of the molecule is CCCCc1ccc(CCC2CC2C(=O)O)cc1. The molecule has 2 unspecified atom stereocenters. The largest absolute Gasteiger partial charge is 0.481 e. The van der Waals surface area contributed by atoms with Crippen LogP contribution in [0.2, 0.25) is 0 Å². The summed E-state index contributed by atoms with van der Waals surface area (Å²) in [6.07, 6.45) is 6.57. The summed E-state index contributed by atoms with van der Waals surface area (Å²) in [5, 5.41) is 8.84. The first-order valence-electron chi connectivity index (χ1n) is 7.01. The summed E-state index contributed by atoms with van der Waals surface area (Å²) in [6, 6.07) is 8.82. The lowest BCUT2D eigenvalue weighted by Gasteiger charge is -2.03. The molecule has 0 heterocycles. The third-order valence-corrected chi connectivity index (χ3v) is 3.89. The lowest BCUT2D eigenvalue weighted by molar-refractivity contribution is -0.138. The molecule has 1 N–H and O–H groups in total. The number of aliphatic carboxylic acids is 1. The number of unbranched alkanes of at least 4 members (excludes halogenated alkanes) is 1. The molecule has 1 fully saturated rings. The van der Waals surface area contributed by atoms with Crippen molar-refractivity contribution in [3.63, 3.8) is 0 Å². The van der Waals surface area contributed by atoms with Crippen LogP contribution in [-0.4, -0.2) is 11.1 Å². The van der Waals surface area contributed by atoms with Crippen LogP contribution in [0.15, 0.2) is 24.3 Å². The molecule has 2 rings (SSSR count). The monoisotopic (exact) mass is 246 g/mol. The molecule has 18 heavy (non-hydrogen) atoms. The minimum Gasteiger partial charge on any atom is -0.481 e. The van der Waals surface area contributed by atoms with Crippen LogP contribution in [0.5, 0.6) is 0 Å². The van der Waals surface area contributed by atoms with Gasteiger partial charge in [0.2, 0.25) is 0 Å². The molecule has 1 aromatic rings. The van der Waals surface area contributed by atoms with Crippen molar-refractivity contribution in [2.45, 2.75) is 45.4 Å². The molecule has 0 amide bonds. The molecule has 0 aromatic heterocycles. The van der Waals surface area contributed by atoms with E-state index < -0.39 is 5.97 Å². The Labute approximate surface area is 109 Å². The minimum absolute atomic E-state index is 0.0613. The molecule has 1 saturated carbocycles. The van der Waals surface area contributed by atoms with Crippen molar-refractivity contribution < 1.29 is 9.90 Å². The second-order valence-corrected chi connectivity index (χ2v) is 5.40. The van der Waals surface area contributed by atoms with Gasteiger partial charge in [0, 0.05) is 0 Å². The smallest absolute Gasteiger partial charge is 0.306 e. The number of aryl methyl sites for hydroxylation is 2. The van der Waals surface area contributed by atoms with E-state index in [-0.39, 0.29) is 5.92 Å². The van der Waals surface area contributed by atoms with E-state index in [4.69, 9.17) is 5.11 Å². The van der Waals surface area contributed by atoms with Gasteiger partial charge >= 0.3 is 5.97 Å². The number of benzene rings is 1. The van der Waals surface area contributed by atoms with Crippen LogP contribution < -0.4 is 0 Å². The molecular formula is C16H22O2. The van der Waals surface area contributed by atoms with Gasteiger partial charge in [-0.15, -0.1) is 0 Å². The molecule has 1 aliphatic rings. The van der Waals surface area contributed by atoms with E-state index in [1.54, 1.807) is 0 Å². The number of hydrogen-bond acceptors (Lipinski definition) is 1. The molecule has 1 aliphatic carbocycles. The van der Waals surface area contributed by atoms with E-state index in [1.807, 2.05) is 0 Å². The van der Waals surface area contributed by atoms with E-state index in [0.29, 0.717) is 5.92 Å². The Morgan fingerprint density at radius 3 is 2.33 bits per heavy atom. The fourth-order valence-electron chi connectivity index (χ4n) is 2.47. The first-order valence-corrected chi connectivity index (χ1v) is 7.01. The Kier molecular flexibility index (Phi) is 4.40.